The van der Waals surface area contributed by atoms with Gasteiger partial charge in [0, 0.05) is 104 Å². The first-order valence-corrected chi connectivity index (χ1v) is 31.0. The van der Waals surface area contributed by atoms with Gasteiger partial charge in [-0.1, -0.05) is 170 Å². The zero-order valence-electron chi connectivity index (χ0n) is 48.0. The maximum atomic E-state index is 7.65. The Morgan fingerprint density at radius 3 is 0.820 bits per heavy atom. The van der Waals surface area contributed by atoms with Crippen LogP contribution in [-0.2, 0) is 0 Å². The van der Waals surface area contributed by atoms with E-state index < -0.39 is 0 Å². The molecule has 0 amide bonds. The Morgan fingerprint density at radius 1 is 0.191 bits per heavy atom. The number of nitrogens with zero attached hydrogens (tertiary/aromatic N) is 5. The van der Waals surface area contributed by atoms with E-state index in [1.807, 2.05) is 0 Å². The van der Waals surface area contributed by atoms with E-state index in [9.17, 15) is 0 Å². The van der Waals surface area contributed by atoms with E-state index in [-0.39, 0.29) is 26.9 Å². The van der Waals surface area contributed by atoms with Crippen LogP contribution in [0.5, 0.6) is 23.0 Å². The van der Waals surface area contributed by atoms with Crippen molar-refractivity contribution in [3.63, 3.8) is 0 Å². The van der Waals surface area contributed by atoms with Crippen LogP contribution in [0.4, 0.5) is 85.3 Å². The standard InChI is InChI=1S/C78H47B4N5O2/c1-5-23-48(24-6-1)83-60-35-17-13-31-52(60)79-56-43-58-70(45-68(56)85(50-27-9-3-10-28-50)66-41-21-39-64(83)74(66)79)88-72-47-73-77-78-76(72)81(58)54-33-15-19-37-62(54)87(78)63-38-20-16-34-55(63)82(77)59-44-57-69(46-71(59)89-73)86(51-29-11-4-12-30-51)67-42-22-40-65-75(67)80(57)53-32-14-18-36-61(53)84(65)49-25-7-2-8-26-49/h1-47H. The molecule has 0 saturated heterocycles. The maximum Gasteiger partial charge on any atom is 0.256 e. The summed E-state index contributed by atoms with van der Waals surface area (Å²) in [6.45, 7) is -0.460. The molecule has 0 atom stereocenters. The predicted molar refractivity (Wildman–Crippen MR) is 372 cm³/mol. The average Bonchev–Trinajstić information content (AvgIpc) is 0.705. The molecular weight excluding hydrogens is 1080 g/mol. The number of fused-ring (bicyclic) bond motifs is 18. The molecule has 0 unspecified atom stereocenters. The first kappa shape index (κ1) is 47.9. The van der Waals surface area contributed by atoms with Gasteiger partial charge in [-0.15, -0.1) is 0 Å². The fraction of sp³-hybridized carbons (Fsp3) is 0. The van der Waals surface area contributed by atoms with E-state index in [4.69, 9.17) is 9.47 Å². The normalized spacial score (nSPS) is 14.5. The van der Waals surface area contributed by atoms with Crippen molar-refractivity contribution >= 4 is 178 Å². The monoisotopic (exact) mass is 1130 g/mol. The van der Waals surface area contributed by atoms with E-state index in [2.05, 4.69) is 310 Å². The number of benzene rings is 13. The summed E-state index contributed by atoms with van der Waals surface area (Å²) < 4.78 is 15.3. The van der Waals surface area contributed by atoms with Gasteiger partial charge in [0.1, 0.15) is 23.0 Å². The molecular formula is C78H47B4N5O2. The molecule has 0 spiro atoms. The molecule has 13 aromatic carbocycles. The van der Waals surface area contributed by atoms with Crippen LogP contribution in [0.25, 0.3) is 0 Å². The summed E-state index contributed by atoms with van der Waals surface area (Å²) in [7, 11) is 0. The molecule has 8 aliphatic rings. The average molecular weight is 1130 g/mol. The molecule has 0 fully saturated rings. The lowest BCUT2D eigenvalue weighted by atomic mass is 9.28. The van der Waals surface area contributed by atoms with Gasteiger partial charge in [-0.05, 0) is 163 Å². The fourth-order valence-electron chi connectivity index (χ4n) is 17.0. The Bertz CT molecular complexity index is 4930. The third kappa shape index (κ3) is 6.30. The zero-order chi connectivity index (χ0) is 57.7. The number of ether oxygens (including phenoxy) is 2. The SMILES string of the molecule is c1ccc(N2c3ccccc3B3c4cc5c(cc4N(c4ccccc4)c4cccc2c43)Oc2cc3c4c6c2B5c2ccccc2N6c2ccccc2B4c2cc4c(cc2O3)N(c2ccccc2)c2cccc3c2B4c2ccccc2N3c2ccccc2)cc1. The van der Waals surface area contributed by atoms with Gasteiger partial charge in [-0.3, -0.25) is 0 Å². The van der Waals surface area contributed by atoms with Crippen LogP contribution < -0.4 is 99.5 Å². The first-order valence-electron chi connectivity index (χ1n) is 31.0. The van der Waals surface area contributed by atoms with E-state index >= 15 is 0 Å². The van der Waals surface area contributed by atoms with Gasteiger partial charge in [0.2, 0.25) is 0 Å². The summed E-state index contributed by atoms with van der Waals surface area (Å²) in [4.78, 5) is 12.4. The lowest BCUT2D eigenvalue weighted by Gasteiger charge is -2.48. The Labute approximate surface area is 516 Å². The fourth-order valence-corrected chi connectivity index (χ4v) is 17.0. The molecule has 7 nitrogen and oxygen atoms in total. The Balaban J connectivity index is 0.799. The van der Waals surface area contributed by atoms with Crippen molar-refractivity contribution in [2.75, 3.05) is 24.5 Å². The molecule has 0 N–H and O–H groups in total. The quantitative estimate of drug-likeness (QED) is 0.163. The number of hydrogen-bond acceptors (Lipinski definition) is 7. The van der Waals surface area contributed by atoms with Crippen molar-refractivity contribution in [1.82, 2.24) is 0 Å². The molecule has 8 heterocycles. The summed E-state index contributed by atoms with van der Waals surface area (Å²) in [6.07, 6.45) is 0. The van der Waals surface area contributed by atoms with E-state index in [0.717, 1.165) is 85.1 Å². The van der Waals surface area contributed by atoms with Crippen molar-refractivity contribution in [2.45, 2.75) is 0 Å². The highest BCUT2D eigenvalue weighted by molar-refractivity contribution is 7.06. The highest BCUT2D eigenvalue weighted by atomic mass is 16.5. The van der Waals surface area contributed by atoms with Gasteiger partial charge >= 0.3 is 0 Å². The van der Waals surface area contributed by atoms with Crippen molar-refractivity contribution in [2.24, 2.45) is 0 Å². The first-order chi connectivity index (χ1) is 44.2. The van der Waals surface area contributed by atoms with E-state index in [0.29, 0.717) is 0 Å². The molecule has 408 valence electrons. The van der Waals surface area contributed by atoms with Crippen molar-refractivity contribution in [3.8, 4) is 23.0 Å². The molecule has 8 aliphatic heterocycles. The molecule has 0 saturated carbocycles. The van der Waals surface area contributed by atoms with Crippen molar-refractivity contribution in [1.29, 1.82) is 0 Å². The number of rotatable bonds is 4. The van der Waals surface area contributed by atoms with Crippen LogP contribution in [0, 0.1) is 0 Å². The van der Waals surface area contributed by atoms with Gasteiger partial charge in [0.25, 0.3) is 26.9 Å². The van der Waals surface area contributed by atoms with Crippen LogP contribution in [0.3, 0.4) is 0 Å². The Morgan fingerprint density at radius 2 is 0.472 bits per heavy atom. The highest BCUT2D eigenvalue weighted by Crippen LogP contribution is 2.51. The van der Waals surface area contributed by atoms with Crippen LogP contribution in [0.15, 0.2) is 285 Å². The van der Waals surface area contributed by atoms with Gasteiger partial charge in [0.15, 0.2) is 0 Å². The van der Waals surface area contributed by atoms with E-state index in [1.165, 1.54) is 88.8 Å². The second kappa shape index (κ2) is 17.7. The lowest BCUT2D eigenvalue weighted by Crippen LogP contribution is -2.68. The maximum absolute atomic E-state index is 7.65. The molecule has 0 bridgehead atoms. The molecule has 0 radical (unpaired) electrons. The van der Waals surface area contributed by atoms with Gasteiger partial charge in [-0.25, -0.2) is 0 Å². The summed E-state index contributed by atoms with van der Waals surface area (Å²) in [5.41, 5.74) is 32.0. The Kier molecular flexibility index (Phi) is 9.52. The second-order valence-corrected chi connectivity index (χ2v) is 24.6. The summed E-state index contributed by atoms with van der Waals surface area (Å²) >= 11 is 0. The van der Waals surface area contributed by atoms with Crippen LogP contribution in [0.1, 0.15) is 0 Å². The van der Waals surface area contributed by atoms with E-state index in [1.54, 1.807) is 0 Å². The van der Waals surface area contributed by atoms with Crippen LogP contribution in [-0.4, -0.2) is 26.9 Å². The molecule has 11 heteroatoms. The summed E-state index contributed by atoms with van der Waals surface area (Å²) in [6, 6.07) is 105. The van der Waals surface area contributed by atoms with Crippen molar-refractivity contribution < 1.29 is 9.47 Å². The van der Waals surface area contributed by atoms with Crippen LogP contribution >= 0.6 is 0 Å². The van der Waals surface area contributed by atoms with Gasteiger partial charge < -0.3 is 34.0 Å². The smallest absolute Gasteiger partial charge is 0.256 e. The second-order valence-electron chi connectivity index (χ2n) is 24.6. The highest BCUT2D eigenvalue weighted by Gasteiger charge is 2.53. The molecule has 0 aliphatic carbocycles. The van der Waals surface area contributed by atoms with Gasteiger partial charge in [0.05, 0.1) is 0 Å². The summed E-state index contributed by atoms with van der Waals surface area (Å²) in [5, 5.41) is 0. The molecule has 89 heavy (non-hydrogen) atoms. The number of hydrogen-bond donors (Lipinski definition) is 0. The van der Waals surface area contributed by atoms with Crippen LogP contribution in [0.2, 0.25) is 0 Å². The lowest BCUT2D eigenvalue weighted by molar-refractivity contribution is 0.466. The van der Waals surface area contributed by atoms with Gasteiger partial charge in [-0.2, -0.15) is 0 Å². The molecule has 13 aromatic rings. The zero-order valence-corrected chi connectivity index (χ0v) is 48.0. The predicted octanol–water partition coefficient (Wildman–Crippen LogP) is 11.2. The minimum Gasteiger partial charge on any atom is -0.458 e. The summed E-state index contributed by atoms with van der Waals surface area (Å²) in [5.74, 6) is 3.33. The minimum absolute atomic E-state index is 0.0678. The minimum atomic E-state index is -0.162. The number of anilines is 15. The topological polar surface area (TPSA) is 34.7 Å². The van der Waals surface area contributed by atoms with Crippen molar-refractivity contribution in [3.05, 3.63) is 285 Å². The Hall–Kier alpha value is -11.3. The molecule has 0 aromatic heterocycles. The third-order valence-electron chi connectivity index (χ3n) is 20.3. The number of para-hydroxylation sites is 8. The largest absolute Gasteiger partial charge is 0.458 e. The molecule has 21 rings (SSSR count). The third-order valence-corrected chi connectivity index (χ3v) is 20.3.